The average Bonchev–Trinajstić information content (AvgIpc) is 2.35. The van der Waals surface area contributed by atoms with E-state index in [2.05, 4.69) is 5.32 Å². The number of nitrogens with one attached hydrogen (secondary N) is 1. The van der Waals surface area contributed by atoms with E-state index in [-0.39, 0.29) is 17.9 Å². The molecule has 1 aromatic carbocycles. The van der Waals surface area contributed by atoms with Crippen LogP contribution in [0.4, 0.5) is 0 Å². The minimum Gasteiger partial charge on any atom is -0.369 e. The van der Waals surface area contributed by atoms with Crippen LogP contribution >= 0.6 is 23.2 Å². The molecule has 0 radical (unpaired) electrons. The van der Waals surface area contributed by atoms with E-state index in [4.69, 9.17) is 28.9 Å². The highest BCUT2D eigenvalue weighted by Gasteiger charge is 2.29. The fourth-order valence-corrected chi connectivity index (χ4v) is 2.77. The van der Waals surface area contributed by atoms with Crippen LogP contribution in [0.15, 0.2) is 18.2 Å². The largest absolute Gasteiger partial charge is 0.369 e. The lowest BCUT2D eigenvalue weighted by Gasteiger charge is -2.29. The predicted octanol–water partition coefficient (Wildman–Crippen LogP) is 2.70. The van der Waals surface area contributed by atoms with Crippen LogP contribution in [0, 0.1) is 0 Å². The van der Waals surface area contributed by atoms with Crippen LogP contribution in [0.3, 0.4) is 0 Å². The van der Waals surface area contributed by atoms with Gasteiger partial charge in [0.1, 0.15) is 0 Å². The molecule has 0 spiro atoms. The van der Waals surface area contributed by atoms with Gasteiger partial charge in [-0.3, -0.25) is 4.79 Å². The maximum Gasteiger partial charge on any atom is 0.226 e. The number of carbonyl (C=O) groups is 1. The van der Waals surface area contributed by atoms with Crippen molar-refractivity contribution in [3.8, 4) is 0 Å². The molecule has 3 nitrogen and oxygen atoms in total. The Morgan fingerprint density at radius 1 is 1.33 bits per heavy atom. The fourth-order valence-electron chi connectivity index (χ4n) is 2.46. The van der Waals surface area contributed by atoms with Gasteiger partial charge in [-0.15, -0.1) is 0 Å². The second-order valence-corrected chi connectivity index (χ2v) is 5.42. The van der Waals surface area contributed by atoms with Gasteiger partial charge in [0.25, 0.3) is 0 Å². The summed E-state index contributed by atoms with van der Waals surface area (Å²) in [5, 5.41) is 4.30. The van der Waals surface area contributed by atoms with Gasteiger partial charge in [-0.2, -0.15) is 0 Å². The molecule has 1 heterocycles. The third-order valence-corrected chi connectivity index (χ3v) is 4.10. The highest BCUT2D eigenvalue weighted by Crippen LogP contribution is 2.30. The van der Waals surface area contributed by atoms with Gasteiger partial charge in [0.05, 0.1) is 16.0 Å². The summed E-state index contributed by atoms with van der Waals surface area (Å²) in [5.74, 6) is -0.673. The van der Waals surface area contributed by atoms with Crippen LogP contribution < -0.4 is 11.1 Å². The standard InChI is InChI=1S/C13H16Cl2N2O/c14-9-5-4-8(7-10(9)15)12(13(16)18)11-3-1-2-6-17-11/h4-5,7,11-12,17H,1-3,6H2,(H2,16,18). The van der Waals surface area contributed by atoms with E-state index in [0.29, 0.717) is 10.0 Å². The number of carbonyl (C=O) groups excluding carboxylic acids is 1. The van der Waals surface area contributed by atoms with Gasteiger partial charge in [-0.05, 0) is 37.1 Å². The Balaban J connectivity index is 2.28. The number of hydrogen-bond donors (Lipinski definition) is 2. The molecule has 0 saturated carbocycles. The molecule has 1 aromatic rings. The number of hydrogen-bond acceptors (Lipinski definition) is 2. The number of nitrogens with two attached hydrogens (primary N) is 1. The van der Waals surface area contributed by atoms with Gasteiger partial charge < -0.3 is 11.1 Å². The summed E-state index contributed by atoms with van der Waals surface area (Å²) in [4.78, 5) is 11.7. The fraction of sp³-hybridized carbons (Fsp3) is 0.462. The van der Waals surface area contributed by atoms with Crippen molar-refractivity contribution in [1.29, 1.82) is 0 Å². The number of primary amides is 1. The second kappa shape index (κ2) is 5.91. The topological polar surface area (TPSA) is 55.1 Å². The summed E-state index contributed by atoms with van der Waals surface area (Å²) in [6, 6.07) is 5.35. The summed E-state index contributed by atoms with van der Waals surface area (Å²) < 4.78 is 0. The minimum atomic E-state index is -0.347. The molecule has 2 rings (SSSR count). The molecule has 5 heteroatoms. The quantitative estimate of drug-likeness (QED) is 0.898. The Bertz CT molecular complexity index is 445. The van der Waals surface area contributed by atoms with Crippen LogP contribution in [0.5, 0.6) is 0 Å². The van der Waals surface area contributed by atoms with Crippen molar-refractivity contribution in [2.45, 2.75) is 31.2 Å². The monoisotopic (exact) mass is 286 g/mol. The molecule has 1 aliphatic rings. The number of halogens is 2. The van der Waals surface area contributed by atoms with Crippen molar-refractivity contribution >= 4 is 29.1 Å². The highest BCUT2D eigenvalue weighted by atomic mass is 35.5. The molecule has 0 aliphatic carbocycles. The molecule has 3 N–H and O–H groups in total. The lowest BCUT2D eigenvalue weighted by atomic mass is 9.86. The van der Waals surface area contributed by atoms with Crippen LogP contribution in [0.1, 0.15) is 30.7 Å². The zero-order valence-corrected chi connectivity index (χ0v) is 11.5. The first-order chi connectivity index (χ1) is 8.59. The van der Waals surface area contributed by atoms with Crippen molar-refractivity contribution in [2.75, 3.05) is 6.54 Å². The average molecular weight is 287 g/mol. The molecular weight excluding hydrogens is 271 g/mol. The predicted molar refractivity (Wildman–Crippen MR) is 74.0 cm³/mol. The van der Waals surface area contributed by atoms with Gasteiger partial charge in [-0.25, -0.2) is 0 Å². The zero-order chi connectivity index (χ0) is 13.1. The molecule has 1 saturated heterocycles. The van der Waals surface area contributed by atoms with Crippen molar-refractivity contribution in [1.82, 2.24) is 5.32 Å². The molecule has 18 heavy (non-hydrogen) atoms. The van der Waals surface area contributed by atoms with Gasteiger partial charge >= 0.3 is 0 Å². The number of rotatable bonds is 3. The second-order valence-electron chi connectivity index (χ2n) is 4.61. The highest BCUT2D eigenvalue weighted by molar-refractivity contribution is 6.42. The third-order valence-electron chi connectivity index (χ3n) is 3.36. The van der Waals surface area contributed by atoms with Crippen LogP contribution in [-0.2, 0) is 4.79 Å². The summed E-state index contributed by atoms with van der Waals surface area (Å²) in [6.07, 6.45) is 3.21. The Morgan fingerprint density at radius 2 is 2.11 bits per heavy atom. The Morgan fingerprint density at radius 3 is 2.67 bits per heavy atom. The molecule has 98 valence electrons. The van der Waals surface area contributed by atoms with Crippen molar-refractivity contribution in [3.05, 3.63) is 33.8 Å². The van der Waals surface area contributed by atoms with Gasteiger partial charge in [0, 0.05) is 6.04 Å². The van der Waals surface area contributed by atoms with E-state index >= 15 is 0 Å². The van der Waals surface area contributed by atoms with Gasteiger partial charge in [0.2, 0.25) is 5.91 Å². The van der Waals surface area contributed by atoms with E-state index in [1.165, 1.54) is 0 Å². The van der Waals surface area contributed by atoms with Crippen LogP contribution in [0.2, 0.25) is 10.0 Å². The van der Waals surface area contributed by atoms with Gasteiger partial charge in [0.15, 0.2) is 0 Å². The van der Waals surface area contributed by atoms with Crippen molar-refractivity contribution < 1.29 is 4.79 Å². The molecule has 2 unspecified atom stereocenters. The van der Waals surface area contributed by atoms with Crippen LogP contribution in [0.25, 0.3) is 0 Å². The summed E-state index contributed by atoms with van der Waals surface area (Å²) in [5.41, 5.74) is 6.36. The maximum absolute atomic E-state index is 11.7. The van der Waals surface area contributed by atoms with Crippen molar-refractivity contribution in [2.24, 2.45) is 5.73 Å². The van der Waals surface area contributed by atoms with E-state index in [1.807, 2.05) is 6.07 Å². The van der Waals surface area contributed by atoms with E-state index < -0.39 is 0 Å². The first-order valence-corrected chi connectivity index (χ1v) is 6.83. The number of piperidine rings is 1. The summed E-state index contributed by atoms with van der Waals surface area (Å²) in [7, 11) is 0. The Hall–Kier alpha value is -0.770. The first-order valence-electron chi connectivity index (χ1n) is 6.07. The molecule has 1 fully saturated rings. The SMILES string of the molecule is NC(=O)C(c1ccc(Cl)c(Cl)c1)C1CCCCN1. The molecule has 1 amide bonds. The molecule has 2 atom stereocenters. The molecule has 0 aromatic heterocycles. The molecule has 0 bridgehead atoms. The van der Waals surface area contributed by atoms with Crippen molar-refractivity contribution in [3.63, 3.8) is 0 Å². The lowest BCUT2D eigenvalue weighted by molar-refractivity contribution is -0.120. The zero-order valence-electron chi connectivity index (χ0n) is 9.96. The Kier molecular flexibility index (Phi) is 4.49. The molecule has 1 aliphatic heterocycles. The Labute approximate surface area is 117 Å². The maximum atomic E-state index is 11.7. The van der Waals surface area contributed by atoms with Gasteiger partial charge in [-0.1, -0.05) is 35.7 Å². The normalized spacial score (nSPS) is 21.6. The third kappa shape index (κ3) is 2.97. The minimum absolute atomic E-state index is 0.0912. The van der Waals surface area contributed by atoms with E-state index in [1.54, 1.807) is 12.1 Å². The van der Waals surface area contributed by atoms with E-state index in [0.717, 1.165) is 31.4 Å². The summed E-state index contributed by atoms with van der Waals surface area (Å²) in [6.45, 7) is 0.926. The summed E-state index contributed by atoms with van der Waals surface area (Å²) >= 11 is 11.9. The lowest BCUT2D eigenvalue weighted by Crippen LogP contribution is -2.43. The number of benzene rings is 1. The first kappa shape index (κ1) is 13.7. The van der Waals surface area contributed by atoms with Crippen LogP contribution in [-0.4, -0.2) is 18.5 Å². The van der Waals surface area contributed by atoms with E-state index in [9.17, 15) is 4.79 Å². The smallest absolute Gasteiger partial charge is 0.226 e. The molecular formula is C13H16Cl2N2O. The number of amides is 1.